The van der Waals surface area contributed by atoms with Crippen molar-refractivity contribution < 1.29 is 52.2 Å². The van der Waals surface area contributed by atoms with Crippen LogP contribution < -0.4 is 33.2 Å². The average Bonchev–Trinajstić information content (AvgIpc) is 3.74. The predicted molar refractivity (Wildman–Crippen MR) is 153 cm³/mol. The number of hydrogen-bond acceptors (Lipinski definition) is 12. The van der Waals surface area contributed by atoms with Crippen LogP contribution in [-0.2, 0) is 15.9 Å². The summed E-state index contributed by atoms with van der Waals surface area (Å²) in [6, 6.07) is 6.63. The van der Waals surface area contributed by atoms with E-state index < -0.39 is 30.2 Å². The van der Waals surface area contributed by atoms with Gasteiger partial charge >= 0.3 is 11.9 Å². The van der Waals surface area contributed by atoms with E-state index in [-0.39, 0.29) is 6.79 Å². The first-order chi connectivity index (χ1) is 21.4. The smallest absolute Gasteiger partial charge is 0.343 e. The summed E-state index contributed by atoms with van der Waals surface area (Å²) in [6.07, 6.45) is -0.966. The average molecular weight is 606 g/mol. The Hall–Kier alpha value is -4.84. The number of hydrogen-bond donors (Lipinski definition) is 0. The molecule has 0 spiro atoms. The van der Waals surface area contributed by atoms with Gasteiger partial charge in [0.1, 0.15) is 17.2 Å². The lowest BCUT2D eigenvalue weighted by atomic mass is 9.81. The van der Waals surface area contributed by atoms with Gasteiger partial charge in [-0.1, -0.05) is 12.1 Å². The Kier molecular flexibility index (Phi) is 6.61. The maximum absolute atomic E-state index is 13.4. The van der Waals surface area contributed by atoms with Crippen LogP contribution in [0.2, 0.25) is 0 Å². The highest BCUT2D eigenvalue weighted by Gasteiger charge is 2.49. The van der Waals surface area contributed by atoms with E-state index in [1.54, 1.807) is 25.3 Å². The number of carbonyl (C=O) groups excluding carboxylic acids is 2. The summed E-state index contributed by atoms with van der Waals surface area (Å²) in [5.41, 5.74) is 4.15. The molecular weight excluding hydrogens is 574 g/mol. The zero-order valence-electron chi connectivity index (χ0n) is 25.1. The van der Waals surface area contributed by atoms with Crippen molar-refractivity contribution in [3.63, 3.8) is 0 Å². The van der Waals surface area contributed by atoms with E-state index in [9.17, 15) is 9.59 Å². The van der Waals surface area contributed by atoms with Crippen molar-refractivity contribution in [2.75, 3.05) is 55.9 Å². The van der Waals surface area contributed by atoms with Crippen molar-refractivity contribution in [2.45, 2.75) is 24.7 Å². The largest absolute Gasteiger partial charge is 0.493 e. The van der Waals surface area contributed by atoms with Crippen LogP contribution in [0.1, 0.15) is 66.8 Å². The van der Waals surface area contributed by atoms with Crippen LogP contribution in [0.5, 0.6) is 40.2 Å². The first kappa shape index (κ1) is 28.0. The van der Waals surface area contributed by atoms with Crippen LogP contribution in [0.3, 0.4) is 0 Å². The molecule has 0 saturated carbocycles. The van der Waals surface area contributed by atoms with Gasteiger partial charge in [0, 0.05) is 28.8 Å². The summed E-state index contributed by atoms with van der Waals surface area (Å²) in [6.45, 7) is 0.559. The molecule has 0 fully saturated rings. The number of nitrogens with zero attached hydrogens (tertiary/aromatic N) is 1. The minimum Gasteiger partial charge on any atom is -0.493 e. The molecule has 3 aromatic rings. The number of methoxy groups -OCH3 is 5. The zero-order valence-corrected chi connectivity index (χ0v) is 25.1. The standard InChI is InChI=1S/C32H31NO11/c1-33-12-11-14-19(23(33)25-16-8-10-18(37-3)27(39-5)22(16)32(35)44-25)28(40-6)30-29(41-13-42-30)20(14)24-15-7-9-17(36-2)26(38-4)21(15)31(34)43-24/h7-10,23-25H,11-13H2,1-6H3. The molecule has 12 nitrogen and oxygen atoms in total. The third kappa shape index (κ3) is 3.73. The summed E-state index contributed by atoms with van der Waals surface area (Å²) in [7, 11) is 9.52. The number of likely N-dealkylation sites (N-methyl/N-ethyl adjacent to an activating group) is 1. The van der Waals surface area contributed by atoms with E-state index in [1.807, 2.05) is 13.1 Å². The van der Waals surface area contributed by atoms with Gasteiger partial charge in [-0.25, -0.2) is 9.59 Å². The van der Waals surface area contributed by atoms with Crippen molar-refractivity contribution in [1.29, 1.82) is 0 Å². The minimum atomic E-state index is -0.820. The topological polar surface area (TPSA) is 120 Å². The fourth-order valence-corrected chi connectivity index (χ4v) is 6.96. The summed E-state index contributed by atoms with van der Waals surface area (Å²) < 4.78 is 52.2. The van der Waals surface area contributed by atoms with E-state index in [1.165, 1.54) is 28.4 Å². The fraction of sp³-hybridized carbons (Fsp3) is 0.375. The Morgan fingerprint density at radius 3 is 1.93 bits per heavy atom. The van der Waals surface area contributed by atoms with Gasteiger partial charge < -0.3 is 42.6 Å². The first-order valence-corrected chi connectivity index (χ1v) is 14.0. The predicted octanol–water partition coefficient (Wildman–Crippen LogP) is 4.16. The third-order valence-electron chi connectivity index (χ3n) is 8.81. The molecule has 0 aromatic heterocycles. The van der Waals surface area contributed by atoms with Crippen molar-refractivity contribution >= 4 is 11.9 Å². The molecule has 0 saturated heterocycles. The van der Waals surface area contributed by atoms with E-state index in [2.05, 4.69) is 4.90 Å². The number of ether oxygens (including phenoxy) is 9. The number of carbonyl (C=O) groups is 2. The Morgan fingerprint density at radius 1 is 0.705 bits per heavy atom. The van der Waals surface area contributed by atoms with Crippen LogP contribution in [0.15, 0.2) is 24.3 Å². The van der Waals surface area contributed by atoms with Crippen molar-refractivity contribution in [3.05, 3.63) is 63.2 Å². The lowest BCUT2D eigenvalue weighted by molar-refractivity contribution is 0.00839. The molecule has 0 amide bonds. The molecular formula is C32H31NO11. The molecule has 4 aliphatic rings. The fourth-order valence-electron chi connectivity index (χ4n) is 6.96. The maximum atomic E-state index is 13.4. The van der Waals surface area contributed by atoms with Crippen LogP contribution in [0, 0.1) is 0 Å². The maximum Gasteiger partial charge on any atom is 0.343 e. The zero-order chi connectivity index (χ0) is 30.9. The molecule has 3 atom stereocenters. The minimum absolute atomic E-state index is 0.0419. The molecule has 44 heavy (non-hydrogen) atoms. The molecule has 230 valence electrons. The van der Waals surface area contributed by atoms with E-state index in [0.29, 0.717) is 81.0 Å². The number of rotatable bonds is 7. The van der Waals surface area contributed by atoms with Gasteiger partial charge in [0.25, 0.3) is 0 Å². The molecule has 4 aliphatic heterocycles. The normalized spacial score (nSPS) is 21.2. The molecule has 0 bridgehead atoms. The van der Waals surface area contributed by atoms with Crippen molar-refractivity contribution in [2.24, 2.45) is 0 Å². The van der Waals surface area contributed by atoms with Gasteiger partial charge in [-0.3, -0.25) is 4.90 Å². The molecule has 0 aliphatic carbocycles. The molecule has 4 heterocycles. The van der Waals surface area contributed by atoms with Crippen LogP contribution in [0.25, 0.3) is 0 Å². The monoisotopic (exact) mass is 605 g/mol. The number of esters is 2. The van der Waals surface area contributed by atoms with Crippen molar-refractivity contribution in [1.82, 2.24) is 4.90 Å². The number of fused-ring (bicyclic) bond motifs is 4. The van der Waals surface area contributed by atoms with Gasteiger partial charge in [-0.2, -0.15) is 0 Å². The third-order valence-corrected chi connectivity index (χ3v) is 8.81. The van der Waals surface area contributed by atoms with Crippen LogP contribution in [0.4, 0.5) is 0 Å². The Balaban J connectivity index is 1.45. The van der Waals surface area contributed by atoms with Gasteiger partial charge in [0.15, 0.2) is 40.6 Å². The molecule has 12 heteroatoms. The second-order valence-corrected chi connectivity index (χ2v) is 10.7. The van der Waals surface area contributed by atoms with Gasteiger partial charge in [-0.15, -0.1) is 0 Å². The van der Waals surface area contributed by atoms with E-state index in [4.69, 9.17) is 42.6 Å². The van der Waals surface area contributed by atoms with Gasteiger partial charge in [-0.05, 0) is 31.2 Å². The molecule has 3 aromatic carbocycles. The molecule has 3 unspecified atom stereocenters. The quantitative estimate of drug-likeness (QED) is 0.360. The highest BCUT2D eigenvalue weighted by molar-refractivity contribution is 5.99. The van der Waals surface area contributed by atoms with Gasteiger partial charge in [0.2, 0.25) is 12.5 Å². The SMILES string of the molecule is COc1ccc2c(c1OC)C(=O)OC2c1c2c(c(OC)c3c1OCO3)C(C1OC(=O)c3c1ccc(OC)c3OC)N(C)CC2. The van der Waals surface area contributed by atoms with E-state index in [0.717, 1.165) is 11.1 Å². The lowest BCUT2D eigenvalue weighted by Crippen LogP contribution is -2.37. The summed E-state index contributed by atoms with van der Waals surface area (Å²) in [5, 5.41) is 0. The highest BCUT2D eigenvalue weighted by Crippen LogP contribution is 2.60. The van der Waals surface area contributed by atoms with Crippen molar-refractivity contribution in [3.8, 4) is 40.2 Å². The summed E-state index contributed by atoms with van der Waals surface area (Å²) >= 11 is 0. The summed E-state index contributed by atoms with van der Waals surface area (Å²) in [5.74, 6) is 1.71. The molecule has 7 rings (SSSR count). The number of cyclic esters (lactones) is 2. The Labute approximate surface area is 253 Å². The number of benzene rings is 3. The highest BCUT2D eigenvalue weighted by atomic mass is 16.7. The summed E-state index contributed by atoms with van der Waals surface area (Å²) in [4.78, 5) is 28.8. The second kappa shape index (κ2) is 10.4. The first-order valence-electron chi connectivity index (χ1n) is 14.0. The van der Waals surface area contributed by atoms with Crippen LogP contribution in [-0.4, -0.2) is 72.8 Å². The second-order valence-electron chi connectivity index (χ2n) is 10.7. The lowest BCUT2D eigenvalue weighted by Gasteiger charge is -2.39. The molecule has 0 radical (unpaired) electrons. The van der Waals surface area contributed by atoms with E-state index >= 15 is 0 Å². The Morgan fingerprint density at radius 2 is 1.30 bits per heavy atom. The Bertz CT molecular complexity index is 1720. The molecule has 0 N–H and O–H groups in total. The van der Waals surface area contributed by atoms with Gasteiger partial charge in [0.05, 0.1) is 41.6 Å². The van der Waals surface area contributed by atoms with Crippen LogP contribution >= 0.6 is 0 Å².